The van der Waals surface area contributed by atoms with Crippen LogP contribution in [0.15, 0.2) is 30.6 Å². The van der Waals surface area contributed by atoms with E-state index < -0.39 is 5.60 Å². The molecule has 3 N–H and O–H groups in total. The molecule has 0 aliphatic rings. The zero-order chi connectivity index (χ0) is 16.6. The second-order valence-corrected chi connectivity index (χ2v) is 5.98. The van der Waals surface area contributed by atoms with E-state index in [4.69, 9.17) is 0 Å². The van der Waals surface area contributed by atoms with Crippen LogP contribution in [0.25, 0.3) is 10.9 Å². The van der Waals surface area contributed by atoms with E-state index in [1.165, 1.54) is 0 Å². The molecule has 0 saturated carbocycles. The van der Waals surface area contributed by atoms with Gasteiger partial charge in [-0.3, -0.25) is 14.6 Å². The highest BCUT2D eigenvalue weighted by Gasteiger charge is 2.26. The molecule has 1 amide bonds. The van der Waals surface area contributed by atoms with E-state index in [2.05, 4.69) is 20.6 Å². The van der Waals surface area contributed by atoms with Gasteiger partial charge < -0.3 is 10.4 Å². The normalized spacial score (nSPS) is 13.9. The summed E-state index contributed by atoms with van der Waals surface area (Å²) in [5.74, 6) is -0.328. The molecule has 3 rings (SSSR count). The van der Waals surface area contributed by atoms with E-state index in [9.17, 15) is 9.90 Å². The first-order valence-corrected chi connectivity index (χ1v) is 7.31. The largest absolute Gasteiger partial charge is 0.383 e. The van der Waals surface area contributed by atoms with Gasteiger partial charge >= 0.3 is 0 Å². The number of rotatable bonds is 4. The predicted molar refractivity (Wildman–Crippen MR) is 85.9 cm³/mol. The topological polar surface area (TPSA) is 95.8 Å². The number of carbonyl (C=O) groups excluding carboxylic acids is 1. The second kappa shape index (κ2) is 5.51. The number of nitrogens with one attached hydrogen (secondary N) is 2. The van der Waals surface area contributed by atoms with Crippen LogP contribution in [0.2, 0.25) is 0 Å². The van der Waals surface area contributed by atoms with Gasteiger partial charge in [0.15, 0.2) is 5.69 Å². The smallest absolute Gasteiger partial charge is 0.272 e. The summed E-state index contributed by atoms with van der Waals surface area (Å²) < 4.78 is 1.61. The number of aromatic amines is 1. The Morgan fingerprint density at radius 3 is 2.96 bits per heavy atom. The maximum Gasteiger partial charge on any atom is 0.272 e. The van der Waals surface area contributed by atoms with Gasteiger partial charge in [-0.15, -0.1) is 0 Å². The van der Waals surface area contributed by atoms with Crippen LogP contribution >= 0.6 is 0 Å². The van der Waals surface area contributed by atoms with Crippen LogP contribution in [-0.2, 0) is 12.6 Å². The van der Waals surface area contributed by atoms with Crippen LogP contribution in [0.1, 0.15) is 28.5 Å². The number of benzene rings is 1. The Morgan fingerprint density at radius 1 is 1.48 bits per heavy atom. The monoisotopic (exact) mass is 313 g/mol. The number of hydrogen-bond acceptors (Lipinski definition) is 4. The number of amides is 1. The molecule has 3 aromatic rings. The molecule has 7 heteroatoms. The Bertz CT molecular complexity index is 862. The highest BCUT2D eigenvalue weighted by atomic mass is 16.3. The summed E-state index contributed by atoms with van der Waals surface area (Å²) in [6.45, 7) is 3.66. The fourth-order valence-electron chi connectivity index (χ4n) is 2.44. The van der Waals surface area contributed by atoms with Crippen molar-refractivity contribution in [3.63, 3.8) is 0 Å². The molecule has 0 saturated heterocycles. The lowest BCUT2D eigenvalue weighted by molar-refractivity contribution is 0.0525. The number of aromatic nitrogens is 4. The third-order valence-corrected chi connectivity index (χ3v) is 3.85. The molecule has 0 aliphatic carbocycles. The van der Waals surface area contributed by atoms with Crippen molar-refractivity contribution in [1.29, 1.82) is 0 Å². The van der Waals surface area contributed by atoms with Crippen LogP contribution in [0, 0.1) is 6.92 Å². The molecule has 2 aromatic heterocycles. The van der Waals surface area contributed by atoms with Crippen LogP contribution in [0.4, 0.5) is 0 Å². The molecule has 1 unspecified atom stereocenters. The van der Waals surface area contributed by atoms with Gasteiger partial charge in [0.1, 0.15) is 5.60 Å². The highest BCUT2D eigenvalue weighted by Crippen LogP contribution is 2.20. The van der Waals surface area contributed by atoms with Crippen molar-refractivity contribution in [1.82, 2.24) is 25.3 Å². The molecule has 0 fully saturated rings. The molecule has 23 heavy (non-hydrogen) atoms. The lowest BCUT2D eigenvalue weighted by atomic mass is 9.99. The van der Waals surface area contributed by atoms with E-state index in [-0.39, 0.29) is 12.5 Å². The summed E-state index contributed by atoms with van der Waals surface area (Å²) >= 11 is 0. The molecule has 0 radical (unpaired) electrons. The minimum absolute atomic E-state index is 0.0672. The van der Waals surface area contributed by atoms with Crippen LogP contribution < -0.4 is 5.32 Å². The average Bonchev–Trinajstić information content (AvgIpc) is 3.11. The molecule has 7 nitrogen and oxygen atoms in total. The van der Waals surface area contributed by atoms with E-state index in [0.29, 0.717) is 11.3 Å². The van der Waals surface area contributed by atoms with Crippen molar-refractivity contribution >= 4 is 16.8 Å². The third-order valence-electron chi connectivity index (χ3n) is 3.85. The first kappa shape index (κ1) is 15.2. The Balaban J connectivity index is 1.77. The van der Waals surface area contributed by atoms with Gasteiger partial charge in [-0.05, 0) is 26.0 Å². The maximum absolute atomic E-state index is 12.4. The standard InChI is InChI=1S/C16H19N5O2/c1-10-4-5-13-12(6-10)14(20-19-13)15(22)17-9-16(2,23)11-7-18-21(3)8-11/h4-8,23H,9H2,1-3H3,(H,17,22)(H,19,20). The van der Waals surface area contributed by atoms with Gasteiger partial charge in [-0.1, -0.05) is 11.6 Å². The first-order chi connectivity index (χ1) is 10.9. The zero-order valence-corrected chi connectivity index (χ0v) is 13.3. The Hall–Kier alpha value is -2.67. The van der Waals surface area contributed by atoms with Gasteiger partial charge in [0, 0.05) is 24.2 Å². The summed E-state index contributed by atoms with van der Waals surface area (Å²) in [7, 11) is 1.77. The van der Waals surface area contributed by atoms with Crippen molar-refractivity contribution < 1.29 is 9.90 Å². The average molecular weight is 313 g/mol. The van der Waals surface area contributed by atoms with Gasteiger partial charge in [0.2, 0.25) is 0 Å². The summed E-state index contributed by atoms with van der Waals surface area (Å²) in [5.41, 5.74) is 1.62. The van der Waals surface area contributed by atoms with Crippen LogP contribution in [0.3, 0.4) is 0 Å². The molecule has 0 aliphatic heterocycles. The van der Waals surface area contributed by atoms with Gasteiger partial charge in [0.25, 0.3) is 5.91 Å². The van der Waals surface area contributed by atoms with Crippen molar-refractivity contribution in [3.05, 3.63) is 47.4 Å². The fraction of sp³-hybridized carbons (Fsp3) is 0.312. The number of H-pyrrole nitrogens is 1. The summed E-state index contributed by atoms with van der Waals surface area (Å²) in [6.07, 6.45) is 3.30. The number of carbonyl (C=O) groups is 1. The molecule has 0 bridgehead atoms. The van der Waals surface area contributed by atoms with Crippen molar-refractivity contribution in [2.45, 2.75) is 19.4 Å². The Labute approximate surface area is 133 Å². The number of fused-ring (bicyclic) bond motifs is 1. The van der Waals surface area contributed by atoms with E-state index in [1.54, 1.807) is 31.0 Å². The number of aliphatic hydroxyl groups is 1. The van der Waals surface area contributed by atoms with Gasteiger partial charge in [-0.25, -0.2) is 0 Å². The Kier molecular flexibility index (Phi) is 3.65. The number of nitrogens with zero attached hydrogens (tertiary/aromatic N) is 3. The van der Waals surface area contributed by atoms with Crippen molar-refractivity contribution in [2.24, 2.45) is 7.05 Å². The van der Waals surface area contributed by atoms with E-state index in [0.717, 1.165) is 16.5 Å². The molecule has 1 aromatic carbocycles. The van der Waals surface area contributed by atoms with Crippen molar-refractivity contribution in [2.75, 3.05) is 6.54 Å². The van der Waals surface area contributed by atoms with E-state index >= 15 is 0 Å². The third kappa shape index (κ3) is 2.95. The summed E-state index contributed by atoms with van der Waals surface area (Å²) in [6, 6.07) is 5.75. The summed E-state index contributed by atoms with van der Waals surface area (Å²) in [5, 5.41) is 25.0. The lowest BCUT2D eigenvalue weighted by Gasteiger charge is -2.22. The number of aryl methyl sites for hydroxylation is 2. The predicted octanol–water partition coefficient (Wildman–Crippen LogP) is 1.24. The van der Waals surface area contributed by atoms with Gasteiger partial charge in [-0.2, -0.15) is 10.2 Å². The fourth-order valence-corrected chi connectivity index (χ4v) is 2.44. The van der Waals surface area contributed by atoms with Gasteiger partial charge in [0.05, 0.1) is 18.3 Å². The lowest BCUT2D eigenvalue weighted by Crippen LogP contribution is -2.38. The quantitative estimate of drug-likeness (QED) is 0.675. The molecule has 0 spiro atoms. The minimum atomic E-state index is -1.20. The molecular formula is C16H19N5O2. The Morgan fingerprint density at radius 2 is 2.26 bits per heavy atom. The first-order valence-electron chi connectivity index (χ1n) is 7.31. The van der Waals surface area contributed by atoms with Crippen LogP contribution in [0.5, 0.6) is 0 Å². The zero-order valence-electron chi connectivity index (χ0n) is 13.3. The molecule has 1 atom stereocenters. The second-order valence-electron chi connectivity index (χ2n) is 5.98. The molecule has 2 heterocycles. The number of hydrogen-bond donors (Lipinski definition) is 3. The van der Waals surface area contributed by atoms with Crippen LogP contribution in [-0.4, -0.2) is 37.5 Å². The molecule has 120 valence electrons. The van der Waals surface area contributed by atoms with Crippen molar-refractivity contribution in [3.8, 4) is 0 Å². The SMILES string of the molecule is Cc1ccc2[nH]nc(C(=O)NCC(C)(O)c3cnn(C)c3)c2c1. The minimum Gasteiger partial charge on any atom is -0.383 e. The maximum atomic E-state index is 12.4. The highest BCUT2D eigenvalue weighted by molar-refractivity contribution is 6.04. The molecular weight excluding hydrogens is 294 g/mol. The van der Waals surface area contributed by atoms with E-state index in [1.807, 2.05) is 25.1 Å². The summed E-state index contributed by atoms with van der Waals surface area (Å²) in [4.78, 5) is 12.4.